The Labute approximate surface area is 171 Å². The van der Waals surface area contributed by atoms with Crippen LogP contribution in [0.5, 0.6) is 5.75 Å². The van der Waals surface area contributed by atoms with Gasteiger partial charge in [-0.3, -0.25) is 9.59 Å². The molecule has 28 heavy (non-hydrogen) atoms. The van der Waals surface area contributed by atoms with E-state index >= 15 is 0 Å². The van der Waals surface area contributed by atoms with Crippen LogP contribution in [0.4, 0.5) is 0 Å². The molecule has 4 bridgehead atoms. The van der Waals surface area contributed by atoms with Crippen LogP contribution in [-0.2, 0) is 14.3 Å². The first kappa shape index (κ1) is 19.6. The molecular weight excluding hydrogens is 378 g/mol. The van der Waals surface area contributed by atoms with Gasteiger partial charge in [-0.25, -0.2) is 0 Å². The average molecular weight is 406 g/mol. The Hall–Kier alpha value is -1.75. The number of esters is 1. The monoisotopic (exact) mass is 405 g/mol. The third-order valence-corrected chi connectivity index (χ3v) is 6.86. The highest BCUT2D eigenvalue weighted by Crippen LogP contribution is 2.57. The van der Waals surface area contributed by atoms with Crippen molar-refractivity contribution >= 4 is 23.5 Å². The number of nitrogens with one attached hydrogen (secondary N) is 1. The topological polar surface area (TPSA) is 64.6 Å². The normalized spacial score (nSPS) is 33.4. The van der Waals surface area contributed by atoms with Crippen molar-refractivity contribution in [1.82, 2.24) is 5.32 Å². The van der Waals surface area contributed by atoms with Gasteiger partial charge in [0.2, 0.25) is 0 Å². The summed E-state index contributed by atoms with van der Waals surface area (Å²) in [6.45, 7) is 5.06. The molecule has 152 valence electrons. The van der Waals surface area contributed by atoms with Crippen LogP contribution in [-0.4, -0.2) is 29.1 Å². The van der Waals surface area contributed by atoms with Crippen molar-refractivity contribution in [3.05, 3.63) is 29.3 Å². The van der Waals surface area contributed by atoms with Crippen molar-refractivity contribution in [2.45, 2.75) is 70.1 Å². The van der Waals surface area contributed by atoms with E-state index in [9.17, 15) is 9.59 Å². The Morgan fingerprint density at radius 2 is 1.71 bits per heavy atom. The summed E-state index contributed by atoms with van der Waals surface area (Å²) in [4.78, 5) is 24.6. The third kappa shape index (κ3) is 3.73. The summed E-state index contributed by atoms with van der Waals surface area (Å²) in [7, 11) is 0. The summed E-state index contributed by atoms with van der Waals surface area (Å²) < 4.78 is 11.7. The summed E-state index contributed by atoms with van der Waals surface area (Å²) >= 11 is 5.92. The third-order valence-electron chi connectivity index (χ3n) is 6.61. The molecule has 4 aliphatic rings. The lowest BCUT2D eigenvalue weighted by Gasteiger charge is -2.59. The summed E-state index contributed by atoms with van der Waals surface area (Å²) in [6, 6.07) is 7.15. The maximum atomic E-state index is 13.0. The molecule has 4 aliphatic carbocycles. The SMILES string of the molecule is CC(=O)OC12CC3CC(C1)C(NC(=O)C(C)(C)Oc1ccc(Cl)cc1)C(C3)C2. The van der Waals surface area contributed by atoms with Crippen LogP contribution in [0.15, 0.2) is 24.3 Å². The fourth-order valence-corrected chi connectivity index (χ4v) is 5.91. The number of hydrogen-bond donors (Lipinski definition) is 1. The quantitative estimate of drug-likeness (QED) is 0.748. The van der Waals surface area contributed by atoms with Crippen LogP contribution < -0.4 is 10.1 Å². The highest BCUT2D eigenvalue weighted by molar-refractivity contribution is 6.30. The zero-order valence-electron chi connectivity index (χ0n) is 16.7. The van der Waals surface area contributed by atoms with Gasteiger partial charge in [0.05, 0.1) is 0 Å². The van der Waals surface area contributed by atoms with Crippen LogP contribution >= 0.6 is 11.6 Å². The van der Waals surface area contributed by atoms with Gasteiger partial charge in [0.15, 0.2) is 5.60 Å². The van der Waals surface area contributed by atoms with Gasteiger partial charge < -0.3 is 14.8 Å². The second-order valence-electron chi connectivity index (χ2n) is 9.31. The van der Waals surface area contributed by atoms with E-state index in [1.54, 1.807) is 38.1 Å². The van der Waals surface area contributed by atoms with Crippen LogP contribution in [0.1, 0.15) is 52.9 Å². The average Bonchev–Trinajstić information content (AvgIpc) is 2.58. The molecule has 2 unspecified atom stereocenters. The fourth-order valence-electron chi connectivity index (χ4n) is 5.78. The molecule has 1 aromatic rings. The number of amides is 1. The molecule has 0 aromatic heterocycles. The second kappa shape index (κ2) is 6.94. The van der Waals surface area contributed by atoms with E-state index in [4.69, 9.17) is 21.1 Å². The van der Waals surface area contributed by atoms with Gasteiger partial charge in [0, 0.05) is 18.0 Å². The molecule has 4 saturated carbocycles. The van der Waals surface area contributed by atoms with Crippen LogP contribution in [0, 0.1) is 17.8 Å². The van der Waals surface area contributed by atoms with E-state index < -0.39 is 5.60 Å². The van der Waals surface area contributed by atoms with Gasteiger partial charge in [0.25, 0.3) is 5.91 Å². The van der Waals surface area contributed by atoms with Gasteiger partial charge in [-0.15, -0.1) is 0 Å². The molecule has 0 radical (unpaired) electrons. The minimum absolute atomic E-state index is 0.110. The molecular formula is C22H28ClNO4. The van der Waals surface area contributed by atoms with Crippen LogP contribution in [0.25, 0.3) is 0 Å². The van der Waals surface area contributed by atoms with Crippen molar-refractivity contribution in [2.75, 3.05) is 0 Å². The van der Waals surface area contributed by atoms with E-state index in [0.29, 0.717) is 28.5 Å². The Balaban J connectivity index is 1.43. The van der Waals surface area contributed by atoms with E-state index in [-0.39, 0.29) is 23.5 Å². The number of hydrogen-bond acceptors (Lipinski definition) is 4. The number of rotatable bonds is 5. The molecule has 0 aliphatic heterocycles. The van der Waals surface area contributed by atoms with Gasteiger partial charge >= 0.3 is 5.97 Å². The van der Waals surface area contributed by atoms with E-state index in [1.807, 2.05) is 0 Å². The molecule has 4 fully saturated rings. The summed E-state index contributed by atoms with van der Waals surface area (Å²) in [6.07, 6.45) is 4.88. The summed E-state index contributed by atoms with van der Waals surface area (Å²) in [5.41, 5.74) is -1.30. The van der Waals surface area contributed by atoms with Crippen molar-refractivity contribution in [3.63, 3.8) is 0 Å². The Kier molecular flexibility index (Phi) is 4.85. The molecule has 0 saturated heterocycles. The zero-order valence-corrected chi connectivity index (χ0v) is 17.4. The highest BCUT2D eigenvalue weighted by atomic mass is 35.5. The van der Waals surface area contributed by atoms with Crippen LogP contribution in [0.2, 0.25) is 5.02 Å². The number of halogens is 1. The number of carbonyl (C=O) groups excluding carboxylic acids is 2. The van der Waals surface area contributed by atoms with E-state index in [1.165, 1.54) is 6.92 Å². The minimum Gasteiger partial charge on any atom is -0.478 e. The standard InChI is InChI=1S/C22H28ClNO4/c1-13(25)27-22-10-14-8-15(11-22)19(16(9-14)12-22)24-20(26)21(2,3)28-18-6-4-17(23)5-7-18/h4-7,14-16,19H,8-12H2,1-3H3,(H,24,26). The lowest BCUT2D eigenvalue weighted by Crippen LogP contribution is -2.64. The Morgan fingerprint density at radius 1 is 1.11 bits per heavy atom. The first-order valence-electron chi connectivity index (χ1n) is 10.1. The minimum atomic E-state index is -0.990. The van der Waals surface area contributed by atoms with Crippen molar-refractivity contribution in [2.24, 2.45) is 17.8 Å². The van der Waals surface area contributed by atoms with Gasteiger partial charge in [-0.1, -0.05) is 11.6 Å². The molecule has 6 heteroatoms. The fraction of sp³-hybridized carbons (Fsp3) is 0.636. The van der Waals surface area contributed by atoms with E-state index in [0.717, 1.165) is 32.1 Å². The highest BCUT2D eigenvalue weighted by Gasteiger charge is 2.57. The smallest absolute Gasteiger partial charge is 0.303 e. The first-order valence-corrected chi connectivity index (χ1v) is 10.5. The molecule has 5 rings (SSSR count). The maximum absolute atomic E-state index is 13.0. The van der Waals surface area contributed by atoms with Crippen LogP contribution in [0.3, 0.4) is 0 Å². The van der Waals surface area contributed by atoms with Crippen molar-refractivity contribution in [1.29, 1.82) is 0 Å². The maximum Gasteiger partial charge on any atom is 0.303 e. The molecule has 1 N–H and O–H groups in total. The molecule has 1 amide bonds. The van der Waals surface area contributed by atoms with Crippen molar-refractivity contribution in [3.8, 4) is 5.75 Å². The number of benzene rings is 1. The number of ether oxygens (including phenoxy) is 2. The molecule has 5 nitrogen and oxygen atoms in total. The predicted octanol–water partition coefficient (Wildman–Crippen LogP) is 4.12. The molecule has 2 atom stereocenters. The first-order chi connectivity index (χ1) is 13.2. The lowest BCUT2D eigenvalue weighted by atomic mass is 9.52. The Morgan fingerprint density at radius 3 is 2.29 bits per heavy atom. The number of carbonyl (C=O) groups is 2. The second-order valence-corrected chi connectivity index (χ2v) is 9.75. The lowest BCUT2D eigenvalue weighted by molar-refractivity contribution is -0.190. The summed E-state index contributed by atoms with van der Waals surface area (Å²) in [5.74, 6) is 1.63. The molecule has 0 heterocycles. The van der Waals surface area contributed by atoms with E-state index in [2.05, 4.69) is 5.32 Å². The van der Waals surface area contributed by atoms with Gasteiger partial charge in [-0.05, 0) is 88.0 Å². The molecule has 1 aromatic carbocycles. The van der Waals surface area contributed by atoms with Gasteiger partial charge in [0.1, 0.15) is 11.4 Å². The molecule has 0 spiro atoms. The largest absolute Gasteiger partial charge is 0.478 e. The Bertz CT molecular complexity index is 759. The van der Waals surface area contributed by atoms with Crippen molar-refractivity contribution < 1.29 is 19.1 Å². The zero-order chi connectivity index (χ0) is 20.1. The predicted molar refractivity (Wildman–Crippen MR) is 106 cm³/mol. The summed E-state index contributed by atoms with van der Waals surface area (Å²) in [5, 5.41) is 3.90. The van der Waals surface area contributed by atoms with Gasteiger partial charge in [-0.2, -0.15) is 0 Å².